The Hall–Kier alpha value is -3.27. The van der Waals surface area contributed by atoms with Gasteiger partial charge in [-0.25, -0.2) is 18.1 Å². The molecule has 140 valence electrons. The summed E-state index contributed by atoms with van der Waals surface area (Å²) in [6.45, 7) is 1.83. The number of hydrogen-bond acceptors (Lipinski definition) is 7. The lowest BCUT2D eigenvalue weighted by Crippen LogP contribution is -2.11. The summed E-state index contributed by atoms with van der Waals surface area (Å²) in [5.74, 6) is 0. The van der Waals surface area contributed by atoms with Crippen LogP contribution in [0.1, 0.15) is 18.5 Å². The van der Waals surface area contributed by atoms with Crippen molar-refractivity contribution in [2.24, 2.45) is 0 Å². The lowest BCUT2D eigenvalue weighted by atomic mass is 10.1. The minimum absolute atomic E-state index is 0.149. The highest BCUT2D eigenvalue weighted by Crippen LogP contribution is 2.34. The predicted octanol–water partition coefficient (Wildman–Crippen LogP) is 2.75. The van der Waals surface area contributed by atoms with E-state index < -0.39 is 20.4 Å². The molecule has 0 aliphatic carbocycles. The van der Waals surface area contributed by atoms with Crippen LogP contribution in [-0.4, -0.2) is 34.4 Å². The van der Waals surface area contributed by atoms with Gasteiger partial charge in [0.25, 0.3) is 0 Å². The molecule has 3 rings (SSSR count). The molecule has 0 bridgehead atoms. The first-order valence-electron chi connectivity index (χ1n) is 7.96. The number of nitrogens with zero attached hydrogens (tertiary/aromatic N) is 4. The van der Waals surface area contributed by atoms with Gasteiger partial charge < -0.3 is 5.32 Å². The quantitative estimate of drug-likeness (QED) is 0.510. The summed E-state index contributed by atoms with van der Waals surface area (Å²) in [5.41, 5.74) is 1.40. The van der Waals surface area contributed by atoms with E-state index in [-0.39, 0.29) is 16.6 Å². The summed E-state index contributed by atoms with van der Waals surface area (Å²) in [5, 5.41) is 18.6. The molecule has 0 aliphatic heterocycles. The number of hydrogen-bond donors (Lipinski definition) is 1. The predicted molar refractivity (Wildman–Crippen MR) is 99.6 cm³/mol. The summed E-state index contributed by atoms with van der Waals surface area (Å²) < 4.78 is 25.4. The van der Waals surface area contributed by atoms with Crippen molar-refractivity contribution >= 4 is 21.2 Å². The van der Waals surface area contributed by atoms with Crippen LogP contribution < -0.4 is 5.32 Å². The molecule has 27 heavy (non-hydrogen) atoms. The summed E-state index contributed by atoms with van der Waals surface area (Å²) in [4.78, 5) is 14.4. The van der Waals surface area contributed by atoms with Crippen LogP contribution in [0, 0.1) is 10.1 Å². The van der Waals surface area contributed by atoms with Gasteiger partial charge in [-0.15, -0.1) is 0 Å². The highest BCUT2D eigenvalue weighted by atomic mass is 32.2. The van der Waals surface area contributed by atoms with Crippen molar-refractivity contribution in [1.29, 1.82) is 0 Å². The van der Waals surface area contributed by atoms with E-state index in [0.29, 0.717) is 0 Å². The Morgan fingerprint density at radius 1 is 1.19 bits per heavy atom. The molecule has 9 nitrogen and oxygen atoms in total. The standard InChI is InChI=1S/C17H17N5O4S/c1-12(13-6-8-14(9-7-13)21-11-18-10-19-21)20-15-4-3-5-16(27(2,25)26)17(15)22(23)24/h3-12,20H,1-2H3. The van der Waals surface area contributed by atoms with Gasteiger partial charge in [-0.1, -0.05) is 18.2 Å². The molecule has 0 saturated carbocycles. The number of rotatable bonds is 6. The molecule has 3 aromatic rings. The monoisotopic (exact) mass is 387 g/mol. The number of aromatic nitrogens is 3. The first-order valence-corrected chi connectivity index (χ1v) is 9.85. The van der Waals surface area contributed by atoms with Crippen molar-refractivity contribution in [3.05, 3.63) is 70.8 Å². The first-order chi connectivity index (χ1) is 12.8. The minimum Gasteiger partial charge on any atom is -0.373 e. The fourth-order valence-electron chi connectivity index (χ4n) is 2.70. The van der Waals surface area contributed by atoms with Crippen LogP contribution in [0.3, 0.4) is 0 Å². The molecule has 1 aromatic heterocycles. The summed E-state index contributed by atoms with van der Waals surface area (Å²) in [6.07, 6.45) is 3.97. The fourth-order valence-corrected chi connectivity index (χ4v) is 3.56. The third-order valence-corrected chi connectivity index (χ3v) is 5.16. The number of para-hydroxylation sites is 1. The number of nitro groups is 1. The van der Waals surface area contributed by atoms with Crippen LogP contribution in [0.15, 0.2) is 60.0 Å². The fraction of sp³-hybridized carbons (Fsp3) is 0.176. The van der Waals surface area contributed by atoms with Gasteiger partial charge in [-0.2, -0.15) is 5.10 Å². The van der Waals surface area contributed by atoms with Crippen LogP contribution in [0.25, 0.3) is 5.69 Å². The zero-order valence-corrected chi connectivity index (χ0v) is 15.4. The Labute approximate surface area is 155 Å². The second-order valence-electron chi connectivity index (χ2n) is 5.98. The van der Waals surface area contributed by atoms with Crippen molar-refractivity contribution < 1.29 is 13.3 Å². The van der Waals surface area contributed by atoms with Crippen LogP contribution in [0.4, 0.5) is 11.4 Å². The molecule has 1 unspecified atom stereocenters. The zero-order chi connectivity index (χ0) is 19.6. The lowest BCUT2D eigenvalue weighted by Gasteiger charge is -2.17. The maximum atomic E-state index is 11.9. The molecule has 1 N–H and O–H groups in total. The number of benzene rings is 2. The van der Waals surface area contributed by atoms with Crippen LogP contribution in [0.2, 0.25) is 0 Å². The van der Waals surface area contributed by atoms with Gasteiger partial charge in [0.15, 0.2) is 9.84 Å². The van der Waals surface area contributed by atoms with Gasteiger partial charge in [-0.3, -0.25) is 10.1 Å². The third-order valence-electron chi connectivity index (χ3n) is 4.03. The zero-order valence-electron chi connectivity index (χ0n) is 14.6. The Morgan fingerprint density at radius 2 is 1.89 bits per heavy atom. The molecule has 0 fully saturated rings. The van der Waals surface area contributed by atoms with E-state index in [4.69, 9.17) is 0 Å². The van der Waals surface area contributed by atoms with Gasteiger partial charge in [0.2, 0.25) is 0 Å². The van der Waals surface area contributed by atoms with E-state index in [9.17, 15) is 18.5 Å². The SMILES string of the molecule is CC(Nc1cccc(S(C)(=O)=O)c1[N+](=O)[O-])c1ccc(-n2cncn2)cc1. The molecule has 0 saturated heterocycles. The number of anilines is 1. The summed E-state index contributed by atoms with van der Waals surface area (Å²) >= 11 is 0. The molecule has 1 heterocycles. The number of nitrogens with one attached hydrogen (secondary N) is 1. The second kappa shape index (κ2) is 7.16. The van der Waals surface area contributed by atoms with E-state index in [2.05, 4.69) is 15.4 Å². The number of nitro benzene ring substituents is 1. The van der Waals surface area contributed by atoms with Crippen molar-refractivity contribution in [2.45, 2.75) is 17.9 Å². The van der Waals surface area contributed by atoms with E-state index in [1.54, 1.807) is 11.0 Å². The minimum atomic E-state index is -3.73. The third kappa shape index (κ3) is 3.95. The van der Waals surface area contributed by atoms with Gasteiger partial charge in [0.05, 0.1) is 10.6 Å². The Balaban J connectivity index is 1.90. The molecule has 0 spiro atoms. The summed E-state index contributed by atoms with van der Waals surface area (Å²) in [6, 6.07) is 11.3. The Bertz CT molecular complexity index is 1060. The average Bonchev–Trinajstić information content (AvgIpc) is 3.15. The molecule has 0 amide bonds. The van der Waals surface area contributed by atoms with E-state index in [1.807, 2.05) is 31.2 Å². The normalized spacial score (nSPS) is 12.5. The molecule has 0 radical (unpaired) electrons. The van der Waals surface area contributed by atoms with Crippen molar-refractivity contribution in [3.63, 3.8) is 0 Å². The second-order valence-corrected chi connectivity index (χ2v) is 7.96. The van der Waals surface area contributed by atoms with Gasteiger partial charge >= 0.3 is 5.69 Å². The van der Waals surface area contributed by atoms with Crippen molar-refractivity contribution in [2.75, 3.05) is 11.6 Å². The first kappa shape index (κ1) is 18.5. The largest absolute Gasteiger partial charge is 0.373 e. The van der Waals surface area contributed by atoms with Gasteiger partial charge in [-0.05, 0) is 36.8 Å². The summed E-state index contributed by atoms with van der Waals surface area (Å²) in [7, 11) is -3.73. The molecular weight excluding hydrogens is 370 g/mol. The number of sulfone groups is 1. The van der Waals surface area contributed by atoms with Gasteiger partial charge in [0, 0.05) is 12.3 Å². The smallest absolute Gasteiger partial charge is 0.310 e. The van der Waals surface area contributed by atoms with E-state index in [1.165, 1.54) is 24.5 Å². The molecular formula is C17H17N5O4S. The molecule has 1 atom stereocenters. The van der Waals surface area contributed by atoms with Crippen LogP contribution in [-0.2, 0) is 9.84 Å². The Kier molecular flexibility index (Phi) is 4.91. The molecule has 10 heteroatoms. The highest BCUT2D eigenvalue weighted by Gasteiger charge is 2.26. The van der Waals surface area contributed by atoms with Crippen LogP contribution >= 0.6 is 0 Å². The lowest BCUT2D eigenvalue weighted by molar-refractivity contribution is -0.386. The molecule has 0 aliphatic rings. The van der Waals surface area contributed by atoms with Crippen LogP contribution in [0.5, 0.6) is 0 Å². The van der Waals surface area contributed by atoms with Gasteiger partial charge in [0.1, 0.15) is 23.2 Å². The maximum Gasteiger partial charge on any atom is 0.310 e. The average molecular weight is 387 g/mol. The molecule has 2 aromatic carbocycles. The Morgan fingerprint density at radius 3 is 2.44 bits per heavy atom. The topological polar surface area (TPSA) is 120 Å². The van der Waals surface area contributed by atoms with E-state index >= 15 is 0 Å². The van der Waals surface area contributed by atoms with Crippen molar-refractivity contribution in [1.82, 2.24) is 14.8 Å². The highest BCUT2D eigenvalue weighted by molar-refractivity contribution is 7.90. The van der Waals surface area contributed by atoms with Crippen molar-refractivity contribution in [3.8, 4) is 5.69 Å². The van der Waals surface area contributed by atoms with E-state index in [0.717, 1.165) is 17.5 Å². The maximum absolute atomic E-state index is 11.9.